The van der Waals surface area contributed by atoms with Gasteiger partial charge in [0.1, 0.15) is 19.0 Å². The molecule has 2 aliphatic heterocycles. The predicted molar refractivity (Wildman–Crippen MR) is 96.0 cm³/mol. The van der Waals surface area contributed by atoms with Gasteiger partial charge in [-0.15, -0.1) is 0 Å². The van der Waals surface area contributed by atoms with Crippen LogP contribution in [0.3, 0.4) is 0 Å². The lowest BCUT2D eigenvalue weighted by molar-refractivity contribution is -0.117. The minimum absolute atomic E-state index is 0.0962. The van der Waals surface area contributed by atoms with Crippen LogP contribution in [-0.2, 0) is 4.79 Å². The van der Waals surface area contributed by atoms with Crippen LogP contribution >= 0.6 is 0 Å². The summed E-state index contributed by atoms with van der Waals surface area (Å²) in [6.07, 6.45) is 2.05. The normalized spacial score (nSPS) is 19.3. The van der Waals surface area contributed by atoms with E-state index < -0.39 is 0 Å². The third-order valence-electron chi connectivity index (χ3n) is 4.79. The van der Waals surface area contributed by atoms with Crippen molar-refractivity contribution in [2.75, 3.05) is 31.6 Å². The highest BCUT2D eigenvalue weighted by atomic mass is 19.1. The number of hydrogen-bond acceptors (Lipinski definition) is 4. The molecule has 26 heavy (non-hydrogen) atoms. The first-order valence-corrected chi connectivity index (χ1v) is 8.88. The second-order valence-corrected chi connectivity index (χ2v) is 6.59. The van der Waals surface area contributed by atoms with Crippen molar-refractivity contribution >= 4 is 11.6 Å². The first kappa shape index (κ1) is 16.8. The molecule has 136 valence electrons. The van der Waals surface area contributed by atoms with E-state index in [1.165, 1.54) is 12.1 Å². The lowest BCUT2D eigenvalue weighted by Gasteiger charge is -2.26. The molecule has 1 N–H and O–H groups in total. The molecular formula is C20H21FN2O3. The summed E-state index contributed by atoms with van der Waals surface area (Å²) in [5.74, 6) is 1.14. The first-order chi connectivity index (χ1) is 12.7. The molecule has 0 saturated carbocycles. The predicted octanol–water partition coefficient (Wildman–Crippen LogP) is 3.37. The Hall–Kier alpha value is -2.60. The number of likely N-dealkylation sites (tertiary alicyclic amines) is 1. The third kappa shape index (κ3) is 3.65. The van der Waals surface area contributed by atoms with Crippen LogP contribution < -0.4 is 14.8 Å². The minimum atomic E-state index is -0.318. The van der Waals surface area contributed by atoms with Crippen LogP contribution in [0.1, 0.15) is 24.4 Å². The van der Waals surface area contributed by atoms with Crippen molar-refractivity contribution in [1.82, 2.24) is 4.90 Å². The average Bonchev–Trinajstić information content (AvgIpc) is 3.11. The summed E-state index contributed by atoms with van der Waals surface area (Å²) in [7, 11) is 0. The maximum atomic E-state index is 13.0. The number of carbonyl (C=O) groups is 1. The summed E-state index contributed by atoms with van der Waals surface area (Å²) in [6, 6.07) is 12.0. The Morgan fingerprint density at radius 1 is 1.12 bits per heavy atom. The molecule has 1 fully saturated rings. The zero-order chi connectivity index (χ0) is 17.9. The van der Waals surface area contributed by atoms with Crippen LogP contribution in [0.4, 0.5) is 10.1 Å². The van der Waals surface area contributed by atoms with E-state index in [1.54, 1.807) is 12.1 Å². The van der Waals surface area contributed by atoms with E-state index in [1.807, 2.05) is 18.2 Å². The van der Waals surface area contributed by atoms with Crippen molar-refractivity contribution < 1.29 is 18.7 Å². The molecule has 0 spiro atoms. The number of anilines is 1. The van der Waals surface area contributed by atoms with Gasteiger partial charge in [-0.05, 0) is 61.3 Å². The average molecular weight is 356 g/mol. The van der Waals surface area contributed by atoms with Crippen LogP contribution in [0.15, 0.2) is 42.5 Å². The lowest BCUT2D eigenvalue weighted by atomic mass is 10.0. The van der Waals surface area contributed by atoms with Crippen molar-refractivity contribution in [3.8, 4) is 11.5 Å². The van der Waals surface area contributed by atoms with E-state index in [9.17, 15) is 9.18 Å². The zero-order valence-electron chi connectivity index (χ0n) is 14.4. The number of rotatable bonds is 4. The van der Waals surface area contributed by atoms with Gasteiger partial charge in [0, 0.05) is 11.7 Å². The van der Waals surface area contributed by atoms with Crippen molar-refractivity contribution in [3.63, 3.8) is 0 Å². The summed E-state index contributed by atoms with van der Waals surface area (Å²) in [6.45, 7) is 2.31. The number of benzene rings is 2. The second-order valence-electron chi connectivity index (χ2n) is 6.59. The number of halogens is 1. The summed E-state index contributed by atoms with van der Waals surface area (Å²) in [5, 5.41) is 2.83. The van der Waals surface area contributed by atoms with Crippen molar-refractivity contribution in [2.24, 2.45) is 0 Å². The molecule has 4 rings (SSSR count). The first-order valence-electron chi connectivity index (χ1n) is 8.88. The molecule has 6 heteroatoms. The van der Waals surface area contributed by atoms with Gasteiger partial charge in [-0.1, -0.05) is 6.07 Å². The standard InChI is InChI=1S/C20H21FN2O3/c21-15-4-6-16(7-5-15)22-20(24)13-23-9-1-2-17(23)14-3-8-18-19(12-14)26-11-10-25-18/h3-8,12,17H,1-2,9-11,13H2,(H,22,24)/t17-/m1/s1. The monoisotopic (exact) mass is 356 g/mol. The van der Waals surface area contributed by atoms with Gasteiger partial charge in [-0.2, -0.15) is 0 Å². The number of ether oxygens (including phenoxy) is 2. The summed E-state index contributed by atoms with van der Waals surface area (Å²) >= 11 is 0. The maximum absolute atomic E-state index is 13.0. The number of nitrogens with one attached hydrogen (secondary N) is 1. The van der Waals surface area contributed by atoms with Crippen molar-refractivity contribution in [3.05, 3.63) is 53.8 Å². The largest absolute Gasteiger partial charge is 0.486 e. The highest BCUT2D eigenvalue weighted by molar-refractivity contribution is 5.92. The van der Waals surface area contributed by atoms with Crippen molar-refractivity contribution in [2.45, 2.75) is 18.9 Å². The summed E-state index contributed by atoms with van der Waals surface area (Å²) < 4.78 is 24.2. The van der Waals surface area contributed by atoms with E-state index >= 15 is 0 Å². The molecule has 2 heterocycles. The molecule has 5 nitrogen and oxygen atoms in total. The Morgan fingerprint density at radius 2 is 1.88 bits per heavy atom. The molecule has 1 atom stereocenters. The Balaban J connectivity index is 1.43. The fraction of sp³-hybridized carbons (Fsp3) is 0.350. The van der Waals surface area contributed by atoms with Gasteiger partial charge < -0.3 is 14.8 Å². The number of hydrogen-bond donors (Lipinski definition) is 1. The van der Waals surface area contributed by atoms with E-state index in [0.29, 0.717) is 25.4 Å². The fourth-order valence-electron chi connectivity index (χ4n) is 3.58. The molecule has 0 unspecified atom stereocenters. The number of nitrogens with zero attached hydrogens (tertiary/aromatic N) is 1. The highest BCUT2D eigenvalue weighted by Crippen LogP contribution is 2.37. The molecular weight excluding hydrogens is 335 g/mol. The quantitative estimate of drug-likeness (QED) is 0.913. The van der Waals surface area contributed by atoms with Crippen LogP contribution in [0.25, 0.3) is 0 Å². The topological polar surface area (TPSA) is 50.8 Å². The van der Waals surface area contributed by atoms with Crippen molar-refractivity contribution in [1.29, 1.82) is 0 Å². The van der Waals surface area contributed by atoms with Gasteiger partial charge in [0.15, 0.2) is 11.5 Å². The number of fused-ring (bicyclic) bond motifs is 1. The Labute approximate surface area is 151 Å². The SMILES string of the molecule is O=C(CN1CCC[C@@H]1c1ccc2c(c1)OCCO2)Nc1ccc(F)cc1. The fourth-order valence-corrected chi connectivity index (χ4v) is 3.58. The number of amides is 1. The molecule has 0 aromatic heterocycles. The second kappa shape index (κ2) is 7.33. The van der Waals surface area contributed by atoms with E-state index in [-0.39, 0.29) is 17.8 Å². The van der Waals surface area contributed by atoms with Crippen LogP contribution in [0.2, 0.25) is 0 Å². The lowest BCUT2D eigenvalue weighted by Crippen LogP contribution is -2.33. The van der Waals surface area contributed by atoms with E-state index in [0.717, 1.165) is 36.4 Å². The molecule has 1 amide bonds. The van der Waals surface area contributed by atoms with E-state index in [4.69, 9.17) is 9.47 Å². The molecule has 2 aliphatic rings. The van der Waals surface area contributed by atoms with Crippen LogP contribution in [0.5, 0.6) is 11.5 Å². The van der Waals surface area contributed by atoms with Gasteiger partial charge in [-0.3, -0.25) is 9.69 Å². The Kier molecular flexibility index (Phi) is 4.75. The van der Waals surface area contributed by atoms with Crippen LogP contribution in [-0.4, -0.2) is 37.1 Å². The van der Waals surface area contributed by atoms with Gasteiger partial charge in [0.05, 0.1) is 6.54 Å². The summed E-state index contributed by atoms with van der Waals surface area (Å²) in [5.41, 5.74) is 1.74. The van der Waals surface area contributed by atoms with Gasteiger partial charge in [0.2, 0.25) is 5.91 Å². The minimum Gasteiger partial charge on any atom is -0.486 e. The van der Waals surface area contributed by atoms with Gasteiger partial charge in [-0.25, -0.2) is 4.39 Å². The Morgan fingerprint density at radius 3 is 2.69 bits per heavy atom. The molecule has 1 saturated heterocycles. The van der Waals surface area contributed by atoms with Crippen LogP contribution in [0, 0.1) is 5.82 Å². The molecule has 0 aliphatic carbocycles. The molecule has 2 aromatic rings. The Bertz CT molecular complexity index is 794. The summed E-state index contributed by atoms with van der Waals surface area (Å²) in [4.78, 5) is 14.5. The van der Waals surface area contributed by atoms with Gasteiger partial charge >= 0.3 is 0 Å². The van der Waals surface area contributed by atoms with Gasteiger partial charge in [0.25, 0.3) is 0 Å². The van der Waals surface area contributed by atoms with E-state index in [2.05, 4.69) is 10.2 Å². The molecule has 0 bridgehead atoms. The number of carbonyl (C=O) groups excluding carboxylic acids is 1. The maximum Gasteiger partial charge on any atom is 0.238 e. The smallest absolute Gasteiger partial charge is 0.238 e. The highest BCUT2D eigenvalue weighted by Gasteiger charge is 2.28. The molecule has 2 aromatic carbocycles. The molecule has 0 radical (unpaired) electrons. The third-order valence-corrected chi connectivity index (χ3v) is 4.79. The zero-order valence-corrected chi connectivity index (χ0v) is 14.4.